The van der Waals surface area contributed by atoms with Crippen molar-refractivity contribution in [1.29, 1.82) is 0 Å². The lowest BCUT2D eigenvalue weighted by molar-refractivity contribution is -0.129. The standard InChI is InChI=1S/C16H20N2O3/c1-2-18-9-12(8-15(18)19)16(20)17-13-7-11-5-3-4-6-14(11)21-10-13/h3-6,12-13H,2,7-10H2,1H3,(H,17,20)/t12-,13-/m1/s1. The van der Waals surface area contributed by atoms with Crippen molar-refractivity contribution >= 4 is 11.8 Å². The van der Waals surface area contributed by atoms with Gasteiger partial charge in [0.2, 0.25) is 11.8 Å². The van der Waals surface area contributed by atoms with E-state index < -0.39 is 0 Å². The highest BCUT2D eigenvalue weighted by Crippen LogP contribution is 2.24. The van der Waals surface area contributed by atoms with Gasteiger partial charge in [-0.3, -0.25) is 9.59 Å². The van der Waals surface area contributed by atoms with Crippen molar-refractivity contribution in [3.8, 4) is 5.75 Å². The van der Waals surface area contributed by atoms with Gasteiger partial charge in [0.25, 0.3) is 0 Å². The molecule has 2 heterocycles. The fourth-order valence-corrected chi connectivity index (χ4v) is 2.99. The maximum Gasteiger partial charge on any atom is 0.225 e. The molecule has 0 unspecified atom stereocenters. The Bertz CT molecular complexity index is 558. The SMILES string of the molecule is CCN1C[C@H](C(=O)N[C@H]2COc3ccccc3C2)CC1=O. The number of amides is 2. The Morgan fingerprint density at radius 2 is 2.19 bits per heavy atom. The van der Waals surface area contributed by atoms with Crippen molar-refractivity contribution in [3.63, 3.8) is 0 Å². The zero-order chi connectivity index (χ0) is 14.8. The first-order chi connectivity index (χ1) is 10.2. The minimum atomic E-state index is -0.227. The molecule has 0 bridgehead atoms. The van der Waals surface area contributed by atoms with Crippen molar-refractivity contribution in [2.24, 2.45) is 5.92 Å². The van der Waals surface area contributed by atoms with Crippen molar-refractivity contribution in [3.05, 3.63) is 29.8 Å². The van der Waals surface area contributed by atoms with E-state index in [4.69, 9.17) is 4.74 Å². The third-order valence-electron chi connectivity index (χ3n) is 4.19. The van der Waals surface area contributed by atoms with E-state index in [2.05, 4.69) is 5.32 Å². The fraction of sp³-hybridized carbons (Fsp3) is 0.500. The van der Waals surface area contributed by atoms with Crippen LogP contribution in [0.25, 0.3) is 0 Å². The number of nitrogens with zero attached hydrogens (tertiary/aromatic N) is 1. The predicted octanol–water partition coefficient (Wildman–Crippen LogP) is 0.975. The third kappa shape index (κ3) is 2.86. The number of carbonyl (C=O) groups is 2. The Morgan fingerprint density at radius 3 is 2.95 bits per heavy atom. The highest BCUT2D eigenvalue weighted by molar-refractivity contribution is 5.89. The molecule has 2 aliphatic rings. The first-order valence-electron chi connectivity index (χ1n) is 7.46. The molecule has 1 saturated heterocycles. The summed E-state index contributed by atoms with van der Waals surface area (Å²) < 4.78 is 5.67. The monoisotopic (exact) mass is 288 g/mol. The number of ether oxygens (including phenoxy) is 1. The van der Waals surface area contributed by atoms with Crippen LogP contribution in [0, 0.1) is 5.92 Å². The van der Waals surface area contributed by atoms with Crippen molar-refractivity contribution in [1.82, 2.24) is 10.2 Å². The Labute approximate surface area is 124 Å². The molecule has 1 N–H and O–H groups in total. The molecule has 2 atom stereocenters. The van der Waals surface area contributed by atoms with E-state index in [1.54, 1.807) is 4.90 Å². The van der Waals surface area contributed by atoms with E-state index in [0.29, 0.717) is 26.1 Å². The van der Waals surface area contributed by atoms with Gasteiger partial charge in [0.15, 0.2) is 0 Å². The molecule has 0 aliphatic carbocycles. The Balaban J connectivity index is 1.58. The molecule has 1 aromatic rings. The molecule has 3 rings (SSSR count). The maximum atomic E-state index is 12.3. The zero-order valence-electron chi connectivity index (χ0n) is 12.2. The summed E-state index contributed by atoms with van der Waals surface area (Å²) in [6.45, 7) is 3.62. The highest BCUT2D eigenvalue weighted by atomic mass is 16.5. The minimum Gasteiger partial charge on any atom is -0.491 e. The fourth-order valence-electron chi connectivity index (χ4n) is 2.99. The second-order valence-corrected chi connectivity index (χ2v) is 5.66. The summed E-state index contributed by atoms with van der Waals surface area (Å²) in [5.74, 6) is 0.709. The van der Waals surface area contributed by atoms with Crippen LogP contribution < -0.4 is 10.1 Å². The van der Waals surface area contributed by atoms with Gasteiger partial charge in [-0.15, -0.1) is 0 Å². The molecule has 2 amide bonds. The van der Waals surface area contributed by atoms with Crippen LogP contribution in [-0.4, -0.2) is 42.5 Å². The van der Waals surface area contributed by atoms with Crippen LogP contribution in [0.4, 0.5) is 0 Å². The van der Waals surface area contributed by atoms with E-state index in [1.807, 2.05) is 31.2 Å². The Hall–Kier alpha value is -2.04. The van der Waals surface area contributed by atoms with Gasteiger partial charge >= 0.3 is 0 Å². The molecule has 21 heavy (non-hydrogen) atoms. The van der Waals surface area contributed by atoms with Crippen molar-refractivity contribution in [2.45, 2.75) is 25.8 Å². The van der Waals surface area contributed by atoms with E-state index in [9.17, 15) is 9.59 Å². The molecule has 2 aliphatic heterocycles. The Morgan fingerprint density at radius 1 is 1.38 bits per heavy atom. The van der Waals surface area contributed by atoms with E-state index in [0.717, 1.165) is 17.7 Å². The molecule has 1 aromatic carbocycles. The molecular weight excluding hydrogens is 268 g/mol. The lowest BCUT2D eigenvalue weighted by Crippen LogP contribution is -2.45. The van der Waals surface area contributed by atoms with Gasteiger partial charge in [-0.05, 0) is 25.0 Å². The number of likely N-dealkylation sites (tertiary alicyclic amines) is 1. The summed E-state index contributed by atoms with van der Waals surface area (Å²) in [6, 6.07) is 7.87. The second-order valence-electron chi connectivity index (χ2n) is 5.66. The van der Waals surface area contributed by atoms with Gasteiger partial charge in [0, 0.05) is 19.5 Å². The average Bonchev–Trinajstić information content (AvgIpc) is 2.88. The predicted molar refractivity (Wildman–Crippen MR) is 77.9 cm³/mol. The van der Waals surface area contributed by atoms with Crippen LogP contribution in [-0.2, 0) is 16.0 Å². The molecule has 112 valence electrons. The number of rotatable bonds is 3. The molecule has 0 radical (unpaired) electrons. The van der Waals surface area contributed by atoms with Gasteiger partial charge in [-0.25, -0.2) is 0 Å². The average molecular weight is 288 g/mol. The first kappa shape index (κ1) is 13.9. The molecule has 5 heteroatoms. The minimum absolute atomic E-state index is 0.0156. The normalized spacial score (nSPS) is 24.4. The quantitative estimate of drug-likeness (QED) is 0.902. The summed E-state index contributed by atoms with van der Waals surface area (Å²) in [6.07, 6.45) is 1.10. The number of benzene rings is 1. The number of para-hydroxylation sites is 1. The van der Waals surface area contributed by atoms with E-state index in [1.165, 1.54) is 0 Å². The summed E-state index contributed by atoms with van der Waals surface area (Å²) in [7, 11) is 0. The molecule has 0 saturated carbocycles. The number of nitrogens with one attached hydrogen (secondary N) is 1. The smallest absolute Gasteiger partial charge is 0.225 e. The van der Waals surface area contributed by atoms with Crippen molar-refractivity contribution < 1.29 is 14.3 Å². The van der Waals surface area contributed by atoms with Crippen LogP contribution in [0.2, 0.25) is 0 Å². The number of fused-ring (bicyclic) bond motifs is 1. The van der Waals surface area contributed by atoms with Crippen LogP contribution in [0.15, 0.2) is 24.3 Å². The summed E-state index contributed by atoms with van der Waals surface area (Å²) in [4.78, 5) is 25.7. The molecule has 1 fully saturated rings. The molecular formula is C16H20N2O3. The molecule has 5 nitrogen and oxygen atoms in total. The number of carbonyl (C=O) groups excluding carboxylic acids is 2. The number of hydrogen-bond acceptors (Lipinski definition) is 3. The van der Waals surface area contributed by atoms with Crippen LogP contribution in [0.3, 0.4) is 0 Å². The molecule has 0 aromatic heterocycles. The van der Waals surface area contributed by atoms with Gasteiger partial charge < -0.3 is 15.0 Å². The highest BCUT2D eigenvalue weighted by Gasteiger charge is 2.34. The van der Waals surface area contributed by atoms with Crippen LogP contribution in [0.1, 0.15) is 18.9 Å². The zero-order valence-corrected chi connectivity index (χ0v) is 12.2. The number of hydrogen-bond donors (Lipinski definition) is 1. The van der Waals surface area contributed by atoms with E-state index >= 15 is 0 Å². The molecule has 0 spiro atoms. The van der Waals surface area contributed by atoms with Crippen LogP contribution in [0.5, 0.6) is 5.75 Å². The largest absolute Gasteiger partial charge is 0.491 e. The topological polar surface area (TPSA) is 58.6 Å². The maximum absolute atomic E-state index is 12.3. The summed E-state index contributed by atoms with van der Waals surface area (Å²) >= 11 is 0. The van der Waals surface area contributed by atoms with Crippen molar-refractivity contribution in [2.75, 3.05) is 19.7 Å². The summed E-state index contributed by atoms with van der Waals surface area (Å²) in [5, 5.41) is 3.02. The van der Waals surface area contributed by atoms with Crippen LogP contribution >= 0.6 is 0 Å². The second kappa shape index (κ2) is 5.76. The van der Waals surface area contributed by atoms with Gasteiger partial charge in [0.1, 0.15) is 12.4 Å². The third-order valence-corrected chi connectivity index (χ3v) is 4.19. The van der Waals surface area contributed by atoms with E-state index in [-0.39, 0.29) is 23.8 Å². The Kier molecular flexibility index (Phi) is 3.82. The first-order valence-corrected chi connectivity index (χ1v) is 7.46. The van der Waals surface area contributed by atoms with Gasteiger partial charge in [-0.1, -0.05) is 18.2 Å². The van der Waals surface area contributed by atoms with Gasteiger partial charge in [-0.2, -0.15) is 0 Å². The lowest BCUT2D eigenvalue weighted by Gasteiger charge is -2.27. The lowest BCUT2D eigenvalue weighted by atomic mass is 10.0. The summed E-state index contributed by atoms with van der Waals surface area (Å²) in [5.41, 5.74) is 1.12. The van der Waals surface area contributed by atoms with Gasteiger partial charge in [0.05, 0.1) is 12.0 Å².